The van der Waals surface area contributed by atoms with Gasteiger partial charge in [0.05, 0.1) is 7.11 Å². The van der Waals surface area contributed by atoms with Gasteiger partial charge in [-0.2, -0.15) is 0 Å². The van der Waals surface area contributed by atoms with Crippen LogP contribution in [0, 0.1) is 11.8 Å². The number of methoxy groups -OCH3 is 1. The molecule has 2 rings (SSSR count). The zero-order valence-corrected chi connectivity index (χ0v) is 10.1. The molecule has 2 heterocycles. The molecule has 0 spiro atoms. The van der Waals surface area contributed by atoms with Gasteiger partial charge in [-0.3, -0.25) is 0 Å². The van der Waals surface area contributed by atoms with E-state index in [1.54, 1.807) is 18.3 Å². The first kappa shape index (κ1) is 12.4. The Labute approximate surface area is 106 Å². The lowest BCUT2D eigenvalue weighted by molar-refractivity contribution is -0.133. The highest BCUT2D eigenvalue weighted by molar-refractivity contribution is 5.88. The van der Waals surface area contributed by atoms with E-state index in [-0.39, 0.29) is 6.10 Å². The molecule has 1 aromatic rings. The van der Waals surface area contributed by atoms with Crippen molar-refractivity contribution in [2.24, 2.45) is 0 Å². The van der Waals surface area contributed by atoms with Crippen molar-refractivity contribution in [3.05, 3.63) is 23.9 Å². The van der Waals surface area contributed by atoms with Crippen LogP contribution in [0.25, 0.3) is 0 Å². The van der Waals surface area contributed by atoms with Gasteiger partial charge in [0.1, 0.15) is 6.10 Å². The van der Waals surface area contributed by atoms with E-state index >= 15 is 0 Å². The van der Waals surface area contributed by atoms with Gasteiger partial charge in [-0.25, -0.2) is 9.78 Å². The highest BCUT2D eigenvalue weighted by Gasteiger charge is 2.15. The summed E-state index contributed by atoms with van der Waals surface area (Å²) >= 11 is 0. The molecule has 0 amide bonds. The Hall–Kier alpha value is -2.06. The second-order valence-electron chi connectivity index (χ2n) is 3.86. The second-order valence-corrected chi connectivity index (χ2v) is 3.86. The van der Waals surface area contributed by atoms with Crippen LogP contribution < -0.4 is 10.1 Å². The molecular weight excluding hydrogens is 232 g/mol. The lowest BCUT2D eigenvalue weighted by Gasteiger charge is -2.10. The van der Waals surface area contributed by atoms with E-state index in [0.717, 1.165) is 19.5 Å². The van der Waals surface area contributed by atoms with E-state index in [1.807, 2.05) is 0 Å². The number of pyridine rings is 1. The minimum absolute atomic E-state index is 0.185. The van der Waals surface area contributed by atoms with Crippen LogP contribution >= 0.6 is 0 Å². The number of esters is 1. The minimum Gasteiger partial charge on any atom is -0.473 e. The SMILES string of the molecule is COC(=O)C#Cc1ccc(OC2CCNC2)nc1. The Bertz CT molecular complexity index is 467. The fraction of sp³-hybridized carbons (Fsp3) is 0.385. The Morgan fingerprint density at radius 1 is 1.56 bits per heavy atom. The zero-order chi connectivity index (χ0) is 12.8. The van der Waals surface area contributed by atoms with E-state index in [0.29, 0.717) is 11.4 Å². The quantitative estimate of drug-likeness (QED) is 0.602. The number of hydrogen-bond donors (Lipinski definition) is 1. The molecule has 0 saturated carbocycles. The number of aromatic nitrogens is 1. The molecule has 0 bridgehead atoms. The van der Waals surface area contributed by atoms with Crippen LogP contribution in [-0.2, 0) is 9.53 Å². The molecule has 0 aromatic carbocycles. The first-order chi connectivity index (χ1) is 8.78. The number of carbonyl (C=O) groups is 1. The van der Waals surface area contributed by atoms with Gasteiger partial charge in [-0.05, 0) is 19.0 Å². The van der Waals surface area contributed by atoms with Crippen LogP contribution in [0.15, 0.2) is 18.3 Å². The molecule has 1 aromatic heterocycles. The average molecular weight is 246 g/mol. The first-order valence-corrected chi connectivity index (χ1v) is 5.71. The third kappa shape index (κ3) is 3.47. The molecule has 1 saturated heterocycles. The smallest absolute Gasteiger partial charge is 0.384 e. The number of nitrogens with zero attached hydrogens (tertiary/aromatic N) is 1. The van der Waals surface area contributed by atoms with Gasteiger partial charge in [0.25, 0.3) is 0 Å². The van der Waals surface area contributed by atoms with E-state index in [2.05, 4.69) is 26.9 Å². The van der Waals surface area contributed by atoms with Crippen LogP contribution in [0.1, 0.15) is 12.0 Å². The summed E-state index contributed by atoms with van der Waals surface area (Å²) in [6.45, 7) is 1.83. The molecule has 5 nitrogen and oxygen atoms in total. The van der Waals surface area contributed by atoms with E-state index < -0.39 is 5.97 Å². The summed E-state index contributed by atoms with van der Waals surface area (Å²) in [4.78, 5) is 15.0. The number of carbonyl (C=O) groups excluding carboxylic acids is 1. The van der Waals surface area contributed by atoms with Crippen LogP contribution in [0.3, 0.4) is 0 Å². The molecule has 18 heavy (non-hydrogen) atoms. The Kier molecular flexibility index (Phi) is 4.15. The molecule has 1 aliphatic heterocycles. The Morgan fingerprint density at radius 3 is 3.06 bits per heavy atom. The van der Waals surface area contributed by atoms with Gasteiger partial charge in [-0.1, -0.05) is 5.92 Å². The summed E-state index contributed by atoms with van der Waals surface area (Å²) in [6.07, 6.45) is 2.75. The van der Waals surface area contributed by atoms with Gasteiger partial charge in [0, 0.05) is 30.3 Å². The number of rotatable bonds is 2. The van der Waals surface area contributed by atoms with Crippen LogP contribution in [0.2, 0.25) is 0 Å². The largest absolute Gasteiger partial charge is 0.473 e. The summed E-state index contributed by atoms with van der Waals surface area (Å²) in [6, 6.07) is 3.51. The maximum absolute atomic E-state index is 10.8. The number of ether oxygens (including phenoxy) is 2. The molecular formula is C13H14N2O3. The number of nitrogens with one attached hydrogen (secondary N) is 1. The molecule has 1 unspecified atom stereocenters. The molecule has 1 atom stereocenters. The average Bonchev–Trinajstić information content (AvgIpc) is 2.90. The first-order valence-electron chi connectivity index (χ1n) is 5.71. The molecule has 5 heteroatoms. The normalized spacial score (nSPS) is 17.7. The van der Waals surface area contributed by atoms with Crippen LogP contribution in [0.5, 0.6) is 5.88 Å². The monoisotopic (exact) mass is 246 g/mol. The third-order valence-corrected chi connectivity index (χ3v) is 2.53. The predicted molar refractivity (Wildman–Crippen MR) is 65.0 cm³/mol. The van der Waals surface area contributed by atoms with E-state index in [4.69, 9.17) is 4.74 Å². The van der Waals surface area contributed by atoms with Gasteiger partial charge in [0.2, 0.25) is 5.88 Å². The van der Waals surface area contributed by atoms with E-state index in [1.165, 1.54) is 7.11 Å². The van der Waals surface area contributed by atoms with Gasteiger partial charge in [0.15, 0.2) is 0 Å². The highest BCUT2D eigenvalue weighted by Crippen LogP contribution is 2.12. The number of hydrogen-bond acceptors (Lipinski definition) is 5. The molecule has 1 N–H and O–H groups in total. The lowest BCUT2D eigenvalue weighted by Crippen LogP contribution is -2.19. The summed E-state index contributed by atoms with van der Waals surface area (Å²) in [5.41, 5.74) is 0.650. The maximum atomic E-state index is 10.8. The third-order valence-electron chi connectivity index (χ3n) is 2.53. The van der Waals surface area contributed by atoms with Crippen LogP contribution in [0.4, 0.5) is 0 Å². The zero-order valence-electron chi connectivity index (χ0n) is 10.1. The predicted octanol–water partition coefficient (Wildman–Crippen LogP) is 0.347. The molecule has 94 valence electrons. The molecule has 0 radical (unpaired) electrons. The van der Waals surface area contributed by atoms with Crippen molar-refractivity contribution in [3.8, 4) is 17.7 Å². The van der Waals surface area contributed by atoms with Gasteiger partial charge >= 0.3 is 5.97 Å². The minimum atomic E-state index is -0.563. The van der Waals surface area contributed by atoms with Gasteiger partial charge < -0.3 is 14.8 Å². The summed E-state index contributed by atoms with van der Waals surface area (Å²) in [5.74, 6) is 5.01. The fourth-order valence-electron chi connectivity index (χ4n) is 1.60. The van der Waals surface area contributed by atoms with Crippen molar-refractivity contribution in [2.45, 2.75) is 12.5 Å². The van der Waals surface area contributed by atoms with Crippen molar-refractivity contribution in [1.82, 2.24) is 10.3 Å². The Balaban J connectivity index is 1.95. The molecule has 1 fully saturated rings. The highest BCUT2D eigenvalue weighted by atomic mass is 16.5. The molecule has 0 aliphatic carbocycles. The van der Waals surface area contributed by atoms with Crippen molar-refractivity contribution in [3.63, 3.8) is 0 Å². The molecule has 1 aliphatic rings. The van der Waals surface area contributed by atoms with Crippen LogP contribution in [-0.4, -0.2) is 37.3 Å². The van der Waals surface area contributed by atoms with Crippen molar-refractivity contribution in [2.75, 3.05) is 20.2 Å². The summed E-state index contributed by atoms with van der Waals surface area (Å²) < 4.78 is 10.1. The topological polar surface area (TPSA) is 60.5 Å². The van der Waals surface area contributed by atoms with Crippen molar-refractivity contribution >= 4 is 5.97 Å². The van der Waals surface area contributed by atoms with E-state index in [9.17, 15) is 4.79 Å². The summed E-state index contributed by atoms with van der Waals surface area (Å²) in [5, 5.41) is 3.22. The van der Waals surface area contributed by atoms with Gasteiger partial charge in [-0.15, -0.1) is 0 Å². The lowest BCUT2D eigenvalue weighted by atomic mass is 10.3. The van der Waals surface area contributed by atoms with Crippen molar-refractivity contribution in [1.29, 1.82) is 0 Å². The second kappa shape index (κ2) is 6.03. The Morgan fingerprint density at radius 2 is 2.44 bits per heavy atom. The standard InChI is InChI=1S/C13H14N2O3/c1-17-13(16)5-3-10-2-4-12(15-8-10)18-11-6-7-14-9-11/h2,4,8,11,14H,6-7,9H2,1H3. The maximum Gasteiger partial charge on any atom is 0.384 e. The van der Waals surface area contributed by atoms with Crippen molar-refractivity contribution < 1.29 is 14.3 Å². The summed E-state index contributed by atoms with van der Waals surface area (Å²) in [7, 11) is 1.29. The fourth-order valence-corrected chi connectivity index (χ4v) is 1.60.